The molecule has 0 radical (unpaired) electrons. The minimum Gasteiger partial charge on any atom is -0.455 e. The molecule has 3 N–H and O–H groups in total. The van der Waals surface area contributed by atoms with Crippen LogP contribution in [0.3, 0.4) is 0 Å². The zero-order chi connectivity index (χ0) is 14.9. The maximum absolute atomic E-state index is 14.1. The summed E-state index contributed by atoms with van der Waals surface area (Å²) in [6.07, 6.45) is -4.52. The molecule has 1 aromatic rings. The van der Waals surface area contributed by atoms with Gasteiger partial charge in [-0.1, -0.05) is 0 Å². The smallest absolute Gasteiger partial charge is 0.351 e. The first kappa shape index (κ1) is 14.3. The molecule has 1 aliphatic rings. The third-order valence-corrected chi connectivity index (χ3v) is 2.84. The molecule has 10 heteroatoms. The van der Waals surface area contributed by atoms with E-state index < -0.39 is 36.7 Å². The Kier molecular flexibility index (Phi) is 3.68. The van der Waals surface area contributed by atoms with Gasteiger partial charge >= 0.3 is 11.6 Å². The van der Waals surface area contributed by atoms with E-state index in [1.54, 1.807) is 0 Å². The number of aliphatic hydroxyl groups excluding tert-OH is 1. The van der Waals surface area contributed by atoms with Crippen molar-refractivity contribution in [1.29, 1.82) is 0 Å². The number of nitrogens with two attached hydrogens (primary N) is 1. The van der Waals surface area contributed by atoms with Crippen molar-refractivity contribution in [3.8, 4) is 0 Å². The molecule has 0 spiro atoms. The molecule has 1 fully saturated rings. The Balaban J connectivity index is 2.42. The number of halogens is 2. The highest BCUT2D eigenvalue weighted by Gasteiger charge is 2.61. The zero-order valence-electron chi connectivity index (χ0n) is 9.98. The molecular formula is C10H11F2N3O5. The highest BCUT2D eigenvalue weighted by Crippen LogP contribution is 2.43. The van der Waals surface area contributed by atoms with E-state index in [9.17, 15) is 18.4 Å². The Bertz CT molecular complexity index is 564. The van der Waals surface area contributed by atoms with Gasteiger partial charge in [-0.2, -0.15) is 13.8 Å². The van der Waals surface area contributed by atoms with Crippen LogP contribution < -0.4 is 11.4 Å². The monoisotopic (exact) mass is 291 g/mol. The van der Waals surface area contributed by atoms with Crippen molar-refractivity contribution in [2.24, 2.45) is 0 Å². The first-order chi connectivity index (χ1) is 9.41. The SMILES string of the molecule is Nc1ccn([C@@H]2O[C@H](CO)C(OC=O)C2(F)F)c(=O)n1. The van der Waals surface area contributed by atoms with Gasteiger partial charge in [-0.3, -0.25) is 9.36 Å². The minimum atomic E-state index is -3.71. The molecule has 0 aromatic carbocycles. The molecule has 8 nitrogen and oxygen atoms in total. The maximum Gasteiger partial charge on any atom is 0.351 e. The number of hydrogen-bond acceptors (Lipinski definition) is 7. The van der Waals surface area contributed by atoms with E-state index in [1.165, 1.54) is 0 Å². The molecule has 2 heterocycles. The average molecular weight is 291 g/mol. The van der Waals surface area contributed by atoms with Crippen molar-refractivity contribution < 1.29 is 28.2 Å². The normalized spacial score (nSPS) is 28.2. The number of hydrogen-bond donors (Lipinski definition) is 2. The van der Waals surface area contributed by atoms with Crippen molar-refractivity contribution in [2.75, 3.05) is 12.3 Å². The summed E-state index contributed by atoms with van der Waals surface area (Å²) in [6, 6.07) is 1.14. The molecule has 0 saturated carbocycles. The minimum absolute atomic E-state index is 0.132. The number of alkyl halides is 2. The van der Waals surface area contributed by atoms with Gasteiger partial charge in [0, 0.05) is 6.20 Å². The van der Waals surface area contributed by atoms with Crippen LogP contribution in [-0.2, 0) is 14.3 Å². The standard InChI is InChI=1S/C10H11F2N3O5/c11-10(12)7(19-4-17)5(3-16)20-8(10)15-2-1-6(13)14-9(15)18/h1-2,4-5,7-8,16H,3H2,(H2,13,14,18)/t5-,7?,8-/m1/s1. The van der Waals surface area contributed by atoms with Gasteiger partial charge in [-0.05, 0) is 6.07 Å². The zero-order valence-corrected chi connectivity index (χ0v) is 9.98. The Morgan fingerprint density at radius 2 is 2.35 bits per heavy atom. The largest absolute Gasteiger partial charge is 0.455 e. The first-order valence-corrected chi connectivity index (χ1v) is 5.49. The van der Waals surface area contributed by atoms with Gasteiger partial charge in [0.15, 0.2) is 6.10 Å². The van der Waals surface area contributed by atoms with Crippen LogP contribution in [0.5, 0.6) is 0 Å². The van der Waals surface area contributed by atoms with E-state index in [1.807, 2.05) is 0 Å². The maximum atomic E-state index is 14.1. The third-order valence-electron chi connectivity index (χ3n) is 2.84. The van der Waals surface area contributed by atoms with Crippen LogP contribution in [0, 0.1) is 0 Å². The number of carbonyl (C=O) groups excluding carboxylic acids is 1. The number of rotatable bonds is 4. The third kappa shape index (κ3) is 2.23. The Morgan fingerprint density at radius 1 is 1.65 bits per heavy atom. The van der Waals surface area contributed by atoms with Gasteiger partial charge in [-0.15, -0.1) is 0 Å². The van der Waals surface area contributed by atoms with Crippen LogP contribution in [0.15, 0.2) is 17.1 Å². The fraction of sp³-hybridized carbons (Fsp3) is 0.500. The van der Waals surface area contributed by atoms with Crippen molar-refractivity contribution in [3.05, 3.63) is 22.7 Å². The van der Waals surface area contributed by atoms with Gasteiger partial charge in [0.25, 0.3) is 6.47 Å². The number of ether oxygens (including phenoxy) is 2. The Morgan fingerprint density at radius 3 is 2.90 bits per heavy atom. The van der Waals surface area contributed by atoms with Gasteiger partial charge in [0.1, 0.15) is 11.9 Å². The lowest BCUT2D eigenvalue weighted by molar-refractivity contribution is -0.164. The molecule has 1 aromatic heterocycles. The molecule has 1 aliphatic heterocycles. The van der Waals surface area contributed by atoms with Gasteiger partial charge in [-0.25, -0.2) is 4.79 Å². The second-order valence-electron chi connectivity index (χ2n) is 4.08. The molecule has 110 valence electrons. The Labute approximate surface area is 110 Å². The number of carbonyl (C=O) groups is 1. The number of anilines is 1. The molecule has 1 unspecified atom stereocenters. The van der Waals surface area contributed by atoms with E-state index in [4.69, 9.17) is 15.6 Å². The molecular weight excluding hydrogens is 280 g/mol. The lowest BCUT2D eigenvalue weighted by Crippen LogP contribution is -2.43. The van der Waals surface area contributed by atoms with E-state index in [-0.39, 0.29) is 12.3 Å². The summed E-state index contributed by atoms with van der Waals surface area (Å²) in [7, 11) is 0. The van der Waals surface area contributed by atoms with Crippen molar-refractivity contribution in [2.45, 2.75) is 24.4 Å². The van der Waals surface area contributed by atoms with Crippen LogP contribution in [0.2, 0.25) is 0 Å². The fourth-order valence-electron chi connectivity index (χ4n) is 1.95. The fourth-order valence-corrected chi connectivity index (χ4v) is 1.95. The summed E-state index contributed by atoms with van der Waals surface area (Å²) in [6.45, 7) is -0.973. The molecule has 0 bridgehead atoms. The molecule has 3 atom stereocenters. The van der Waals surface area contributed by atoms with Gasteiger partial charge in [0.2, 0.25) is 6.23 Å². The van der Waals surface area contributed by atoms with Crippen molar-refractivity contribution in [1.82, 2.24) is 9.55 Å². The number of aliphatic hydroxyl groups is 1. The summed E-state index contributed by atoms with van der Waals surface area (Å²) in [5, 5.41) is 9.00. The van der Waals surface area contributed by atoms with E-state index >= 15 is 0 Å². The molecule has 0 aliphatic carbocycles. The first-order valence-electron chi connectivity index (χ1n) is 5.49. The molecule has 1 saturated heterocycles. The second kappa shape index (κ2) is 5.13. The summed E-state index contributed by atoms with van der Waals surface area (Å²) in [5.41, 5.74) is 4.22. The summed E-state index contributed by atoms with van der Waals surface area (Å²) >= 11 is 0. The number of aromatic nitrogens is 2. The lowest BCUT2D eigenvalue weighted by atomic mass is 10.1. The van der Waals surface area contributed by atoms with Crippen molar-refractivity contribution >= 4 is 12.3 Å². The summed E-state index contributed by atoms with van der Waals surface area (Å²) in [5.74, 6) is -3.84. The summed E-state index contributed by atoms with van der Waals surface area (Å²) < 4.78 is 37.9. The Hall–Kier alpha value is -2.07. The topological polar surface area (TPSA) is 117 Å². The predicted octanol–water partition coefficient (Wildman–Crippen LogP) is -1.11. The van der Waals surface area contributed by atoms with Crippen LogP contribution in [-0.4, -0.2) is 45.9 Å². The van der Waals surface area contributed by atoms with Crippen LogP contribution in [0.25, 0.3) is 0 Å². The van der Waals surface area contributed by atoms with Gasteiger partial charge < -0.3 is 20.3 Å². The highest BCUT2D eigenvalue weighted by molar-refractivity contribution is 5.38. The second-order valence-corrected chi connectivity index (χ2v) is 4.08. The highest BCUT2D eigenvalue weighted by atomic mass is 19.3. The predicted molar refractivity (Wildman–Crippen MR) is 59.8 cm³/mol. The average Bonchev–Trinajstić information content (AvgIpc) is 2.63. The van der Waals surface area contributed by atoms with Gasteiger partial charge in [0.05, 0.1) is 6.61 Å². The summed E-state index contributed by atoms with van der Waals surface area (Å²) in [4.78, 5) is 25.1. The van der Waals surface area contributed by atoms with E-state index in [2.05, 4.69) is 9.72 Å². The van der Waals surface area contributed by atoms with Crippen LogP contribution >= 0.6 is 0 Å². The molecule has 2 rings (SSSR count). The quantitative estimate of drug-likeness (QED) is 0.676. The molecule has 20 heavy (non-hydrogen) atoms. The van der Waals surface area contributed by atoms with Crippen molar-refractivity contribution in [3.63, 3.8) is 0 Å². The van der Waals surface area contributed by atoms with E-state index in [0.717, 1.165) is 12.3 Å². The van der Waals surface area contributed by atoms with E-state index in [0.29, 0.717) is 4.57 Å². The van der Waals surface area contributed by atoms with Crippen LogP contribution in [0.4, 0.5) is 14.6 Å². The number of nitrogen functional groups attached to an aromatic ring is 1. The van der Waals surface area contributed by atoms with Crippen LogP contribution in [0.1, 0.15) is 6.23 Å². The number of nitrogens with zero attached hydrogens (tertiary/aromatic N) is 2. The molecule has 0 amide bonds. The lowest BCUT2D eigenvalue weighted by Gasteiger charge is -2.22.